The number of rotatable bonds is 6. The van der Waals surface area contributed by atoms with Gasteiger partial charge in [0.2, 0.25) is 5.43 Å². The number of halogens is 2. The first-order chi connectivity index (χ1) is 17.7. The van der Waals surface area contributed by atoms with E-state index >= 15 is 0 Å². The van der Waals surface area contributed by atoms with Crippen molar-refractivity contribution in [3.8, 4) is 39.7 Å². The molecule has 37 heavy (non-hydrogen) atoms. The first-order valence-electron chi connectivity index (χ1n) is 11.3. The number of aryl methyl sites for hydroxylation is 1. The second-order valence-corrected chi connectivity index (χ2v) is 8.55. The maximum Gasteiger partial charge on any atom is 0.217 e. The first kappa shape index (κ1) is 23.9. The number of nitrogens with two attached hydrogens (primary N) is 2. The van der Waals surface area contributed by atoms with Crippen molar-refractivity contribution in [2.75, 3.05) is 24.7 Å². The van der Waals surface area contributed by atoms with E-state index in [0.29, 0.717) is 34.0 Å². The molecule has 0 saturated heterocycles. The van der Waals surface area contributed by atoms with Crippen LogP contribution in [-0.4, -0.2) is 18.3 Å². The van der Waals surface area contributed by atoms with E-state index in [1.54, 1.807) is 30.3 Å². The van der Waals surface area contributed by atoms with Crippen LogP contribution in [0.2, 0.25) is 0 Å². The van der Waals surface area contributed by atoms with E-state index < -0.39 is 22.8 Å². The highest BCUT2D eigenvalue weighted by Gasteiger charge is 2.22. The molecule has 1 heterocycles. The smallest absolute Gasteiger partial charge is 0.217 e. The van der Waals surface area contributed by atoms with Crippen molar-refractivity contribution in [3.63, 3.8) is 0 Å². The number of aromatic hydroxyl groups is 1. The number of hydrogen-bond donors (Lipinski definition) is 3. The minimum Gasteiger partial charge on any atom is -0.505 e. The average Bonchev–Trinajstić information content (AvgIpc) is 2.85. The van der Waals surface area contributed by atoms with Gasteiger partial charge in [-0.2, -0.15) is 0 Å². The van der Waals surface area contributed by atoms with Crippen molar-refractivity contribution in [2.45, 2.75) is 6.92 Å². The highest BCUT2D eigenvalue weighted by Crippen LogP contribution is 2.43. The van der Waals surface area contributed by atoms with Gasteiger partial charge in [0.15, 0.2) is 17.4 Å². The number of fused-ring (bicyclic) bond motifs is 2. The van der Waals surface area contributed by atoms with Crippen molar-refractivity contribution in [2.24, 2.45) is 0 Å². The molecule has 1 aliphatic carbocycles. The van der Waals surface area contributed by atoms with Crippen molar-refractivity contribution in [1.29, 1.82) is 0 Å². The molecule has 0 amide bonds. The van der Waals surface area contributed by atoms with Crippen molar-refractivity contribution >= 4 is 22.3 Å². The average molecular weight is 504 g/mol. The Labute approximate surface area is 209 Å². The van der Waals surface area contributed by atoms with Crippen LogP contribution in [0.15, 0.2) is 69.9 Å². The Morgan fingerprint density at radius 3 is 2.38 bits per heavy atom. The molecular weight excluding hydrogens is 482 g/mol. The van der Waals surface area contributed by atoms with Gasteiger partial charge in [0.05, 0.1) is 11.4 Å². The third-order valence-corrected chi connectivity index (χ3v) is 5.91. The Morgan fingerprint density at radius 2 is 1.62 bits per heavy atom. The van der Waals surface area contributed by atoms with Crippen LogP contribution in [0.25, 0.3) is 33.4 Å². The monoisotopic (exact) mass is 504 g/mol. The number of nitrogen functional groups attached to an aromatic ring is 2. The second-order valence-electron chi connectivity index (χ2n) is 8.55. The summed E-state index contributed by atoms with van der Waals surface area (Å²) in [7, 11) is 0. The Balaban J connectivity index is 1.52. The van der Waals surface area contributed by atoms with E-state index in [-0.39, 0.29) is 35.5 Å². The fraction of sp³-hybridized carbons (Fsp3) is 0.107. The molecule has 3 aromatic rings. The normalized spacial score (nSPS) is 11.2. The van der Waals surface area contributed by atoms with Gasteiger partial charge in [0.1, 0.15) is 36.1 Å². The lowest BCUT2D eigenvalue weighted by atomic mass is 9.93. The van der Waals surface area contributed by atoms with Crippen LogP contribution < -0.4 is 26.4 Å². The summed E-state index contributed by atoms with van der Waals surface area (Å²) in [5.41, 5.74) is 14.3. The highest BCUT2D eigenvalue weighted by atomic mass is 19.1. The number of phenolic OH excluding ortho intramolecular Hbond substituents is 1. The predicted octanol–water partition coefficient (Wildman–Crippen LogP) is 5.48. The molecule has 0 unspecified atom stereocenters. The number of anilines is 2. The second kappa shape index (κ2) is 9.34. The summed E-state index contributed by atoms with van der Waals surface area (Å²) in [6.45, 7) is 2.26. The molecule has 0 bridgehead atoms. The zero-order chi connectivity index (χ0) is 26.3. The lowest BCUT2D eigenvalue weighted by Gasteiger charge is -2.17. The molecule has 5 rings (SSSR count). The topological polar surface area (TPSA) is 121 Å². The zero-order valence-electron chi connectivity index (χ0n) is 19.7. The third kappa shape index (κ3) is 4.58. The van der Waals surface area contributed by atoms with E-state index in [2.05, 4.69) is 0 Å². The van der Waals surface area contributed by atoms with Gasteiger partial charge in [-0.1, -0.05) is 12.1 Å². The summed E-state index contributed by atoms with van der Waals surface area (Å²) < 4.78 is 45.9. The molecule has 2 aliphatic rings. The lowest BCUT2D eigenvalue weighted by molar-refractivity contribution is 0.218. The number of benzene rings is 4. The first-order valence-corrected chi connectivity index (χ1v) is 11.3. The van der Waals surface area contributed by atoms with Gasteiger partial charge < -0.3 is 30.5 Å². The van der Waals surface area contributed by atoms with Crippen LogP contribution in [0, 0.1) is 18.6 Å². The minimum absolute atomic E-state index is 0.0725. The van der Waals surface area contributed by atoms with E-state index in [9.17, 15) is 18.7 Å². The Morgan fingerprint density at radius 1 is 0.865 bits per heavy atom. The predicted molar refractivity (Wildman–Crippen MR) is 137 cm³/mol. The van der Waals surface area contributed by atoms with Gasteiger partial charge in [0.25, 0.3) is 0 Å². The van der Waals surface area contributed by atoms with Gasteiger partial charge in [-0.25, -0.2) is 8.78 Å². The molecule has 0 fully saturated rings. The standard InChI is InChI=1S/C28H22F2N2O5/c1-14-2-5-24(21(32)8-14)35-6-7-36-27-9-15(3-4-20(27)31)28-16-10-18(29)22(33)12-25(16)37-26-13-23(34)19(30)11-17(26)28/h2-5,8-13,33H,6-7,31-32H2,1H3. The molecule has 3 aromatic carbocycles. The molecule has 0 spiro atoms. The van der Waals surface area contributed by atoms with Crippen LogP contribution >= 0.6 is 0 Å². The fourth-order valence-corrected chi connectivity index (χ4v) is 4.13. The summed E-state index contributed by atoms with van der Waals surface area (Å²) in [6, 6.07) is 14.6. The largest absolute Gasteiger partial charge is 0.505 e. The Hall–Kier alpha value is -4.79. The van der Waals surface area contributed by atoms with Gasteiger partial charge in [-0.05, 0) is 54.4 Å². The molecule has 9 heteroatoms. The third-order valence-electron chi connectivity index (χ3n) is 5.91. The van der Waals surface area contributed by atoms with Crippen LogP contribution in [0.1, 0.15) is 5.56 Å². The van der Waals surface area contributed by atoms with Crippen LogP contribution in [-0.2, 0) is 0 Å². The summed E-state index contributed by atoms with van der Waals surface area (Å²) in [4.78, 5) is 11.9. The molecule has 1 aliphatic heterocycles. The van der Waals surface area contributed by atoms with Crippen molar-refractivity contribution in [1.82, 2.24) is 0 Å². The van der Waals surface area contributed by atoms with Gasteiger partial charge in [0, 0.05) is 28.6 Å². The highest BCUT2D eigenvalue weighted by molar-refractivity contribution is 6.02. The summed E-state index contributed by atoms with van der Waals surface area (Å²) in [5.74, 6) is -1.57. The van der Waals surface area contributed by atoms with Crippen LogP contribution in [0.4, 0.5) is 20.2 Å². The molecule has 188 valence electrons. The Kier molecular flexibility index (Phi) is 6.04. The Bertz CT molecular complexity index is 1680. The van der Waals surface area contributed by atoms with Crippen LogP contribution in [0.3, 0.4) is 0 Å². The van der Waals surface area contributed by atoms with E-state index in [1.807, 2.05) is 13.0 Å². The van der Waals surface area contributed by atoms with Gasteiger partial charge >= 0.3 is 0 Å². The SMILES string of the molecule is Cc1ccc(OCCOc2cc(-c3c4cc(F)c(=O)cc-4oc4cc(O)c(F)cc34)ccc2N)c(N)c1. The van der Waals surface area contributed by atoms with Gasteiger partial charge in [-0.15, -0.1) is 0 Å². The zero-order valence-corrected chi connectivity index (χ0v) is 19.7. The van der Waals surface area contributed by atoms with Crippen molar-refractivity contribution < 1.29 is 27.8 Å². The molecular formula is C28H22F2N2O5. The van der Waals surface area contributed by atoms with E-state index in [4.69, 9.17) is 25.4 Å². The molecule has 0 radical (unpaired) electrons. The van der Waals surface area contributed by atoms with Gasteiger partial charge in [-0.3, -0.25) is 4.79 Å². The maximum atomic E-state index is 14.3. The van der Waals surface area contributed by atoms with E-state index in [0.717, 1.165) is 29.8 Å². The molecule has 0 aromatic heterocycles. The number of ether oxygens (including phenoxy) is 2. The summed E-state index contributed by atoms with van der Waals surface area (Å²) in [5, 5.41) is 10.1. The maximum absolute atomic E-state index is 14.3. The lowest BCUT2D eigenvalue weighted by Crippen LogP contribution is -2.11. The van der Waals surface area contributed by atoms with Crippen LogP contribution in [0.5, 0.6) is 17.2 Å². The quantitative estimate of drug-likeness (QED) is 0.159. The fourth-order valence-electron chi connectivity index (χ4n) is 4.13. The van der Waals surface area contributed by atoms with Crippen molar-refractivity contribution in [3.05, 3.63) is 88.1 Å². The summed E-state index contributed by atoms with van der Waals surface area (Å²) >= 11 is 0. The number of hydrogen-bond acceptors (Lipinski definition) is 7. The number of phenols is 1. The molecule has 5 N–H and O–H groups in total. The minimum atomic E-state index is -0.984. The molecule has 0 atom stereocenters. The molecule has 0 saturated carbocycles. The molecule has 7 nitrogen and oxygen atoms in total. The van der Waals surface area contributed by atoms with E-state index in [1.165, 1.54) is 0 Å². The summed E-state index contributed by atoms with van der Waals surface area (Å²) in [6.07, 6.45) is 0.